The van der Waals surface area contributed by atoms with E-state index in [9.17, 15) is 4.79 Å². The van der Waals surface area contributed by atoms with E-state index < -0.39 is 0 Å². The van der Waals surface area contributed by atoms with Crippen LogP contribution in [0.1, 0.15) is 26.7 Å². The molecule has 1 amide bonds. The fraction of sp³-hybridized carbons (Fsp3) is 0.667. The summed E-state index contributed by atoms with van der Waals surface area (Å²) < 4.78 is 0. The number of hydrogen-bond acceptors (Lipinski definition) is 2. The molecule has 0 heterocycles. The highest BCUT2D eigenvalue weighted by Crippen LogP contribution is 2.05. The molecule has 0 rings (SSSR count). The van der Waals surface area contributed by atoms with E-state index in [-0.39, 0.29) is 11.9 Å². The molecule has 0 bridgehead atoms. The lowest BCUT2D eigenvalue weighted by Gasteiger charge is -2.17. The first-order valence-corrected chi connectivity index (χ1v) is 4.20. The van der Waals surface area contributed by atoms with Gasteiger partial charge in [0.05, 0.1) is 0 Å². The van der Waals surface area contributed by atoms with Gasteiger partial charge >= 0.3 is 0 Å². The van der Waals surface area contributed by atoms with Crippen LogP contribution in [0, 0.1) is 0 Å². The van der Waals surface area contributed by atoms with E-state index in [1.807, 2.05) is 6.92 Å². The van der Waals surface area contributed by atoms with Crippen LogP contribution >= 0.6 is 0 Å². The van der Waals surface area contributed by atoms with Gasteiger partial charge in [0.1, 0.15) is 0 Å². The normalized spacial score (nSPS) is 12.2. The van der Waals surface area contributed by atoms with Crippen molar-refractivity contribution < 1.29 is 4.79 Å². The topological polar surface area (TPSA) is 55.1 Å². The van der Waals surface area contributed by atoms with Crippen molar-refractivity contribution in [1.29, 1.82) is 0 Å². The maximum absolute atomic E-state index is 10.7. The summed E-state index contributed by atoms with van der Waals surface area (Å²) in [5.74, 6) is -0.0139. The molecular weight excluding hydrogens is 152 g/mol. The first kappa shape index (κ1) is 11.2. The Morgan fingerprint density at radius 3 is 2.50 bits per heavy atom. The van der Waals surface area contributed by atoms with E-state index in [2.05, 4.69) is 11.9 Å². The van der Waals surface area contributed by atoms with E-state index in [0.717, 1.165) is 18.4 Å². The van der Waals surface area contributed by atoms with Crippen LogP contribution in [0.5, 0.6) is 0 Å². The molecule has 0 unspecified atom stereocenters. The maximum atomic E-state index is 10.7. The summed E-state index contributed by atoms with van der Waals surface area (Å²) in [6.07, 6.45) is 1.79. The Morgan fingerprint density at radius 2 is 2.17 bits per heavy atom. The molecule has 3 nitrogen and oxygen atoms in total. The van der Waals surface area contributed by atoms with E-state index in [1.54, 1.807) is 0 Å². The number of carbonyl (C=O) groups is 1. The maximum Gasteiger partial charge on any atom is 0.217 e. The smallest absolute Gasteiger partial charge is 0.217 e. The molecule has 0 radical (unpaired) electrons. The van der Waals surface area contributed by atoms with Crippen LogP contribution in [0.25, 0.3) is 0 Å². The van der Waals surface area contributed by atoms with Gasteiger partial charge in [0.25, 0.3) is 0 Å². The molecule has 1 atom stereocenters. The summed E-state index contributed by atoms with van der Waals surface area (Å²) in [4.78, 5) is 10.7. The second-order valence-corrected chi connectivity index (χ2v) is 3.03. The minimum Gasteiger partial charge on any atom is -0.350 e. The van der Waals surface area contributed by atoms with Crippen LogP contribution in [-0.4, -0.2) is 18.5 Å². The Morgan fingerprint density at radius 1 is 1.58 bits per heavy atom. The van der Waals surface area contributed by atoms with Crippen LogP contribution in [0.3, 0.4) is 0 Å². The lowest BCUT2D eigenvalue weighted by atomic mass is 10.1. The SMILES string of the molecule is C=C(C)[C@H](CCCN)NC(C)=O. The van der Waals surface area contributed by atoms with Crippen molar-refractivity contribution in [2.45, 2.75) is 32.7 Å². The standard InChI is InChI=1S/C9H18N2O/c1-7(2)9(5-4-6-10)11-8(3)12/h9H,1,4-6,10H2,2-3H3,(H,11,12)/t9-/m0/s1. The Hall–Kier alpha value is -0.830. The van der Waals surface area contributed by atoms with Gasteiger partial charge in [0, 0.05) is 13.0 Å². The van der Waals surface area contributed by atoms with Crippen molar-refractivity contribution in [3.8, 4) is 0 Å². The number of amides is 1. The van der Waals surface area contributed by atoms with Gasteiger partial charge in [-0.25, -0.2) is 0 Å². The number of rotatable bonds is 5. The van der Waals surface area contributed by atoms with Crippen LogP contribution in [-0.2, 0) is 4.79 Å². The lowest BCUT2D eigenvalue weighted by Crippen LogP contribution is -2.34. The van der Waals surface area contributed by atoms with E-state index in [1.165, 1.54) is 6.92 Å². The molecule has 0 saturated heterocycles. The molecule has 0 spiro atoms. The third kappa shape index (κ3) is 4.91. The zero-order valence-corrected chi connectivity index (χ0v) is 7.89. The summed E-state index contributed by atoms with van der Waals surface area (Å²) in [6, 6.07) is 0.0889. The second-order valence-electron chi connectivity index (χ2n) is 3.03. The Kier molecular flexibility index (Phi) is 5.37. The molecule has 0 aliphatic carbocycles. The van der Waals surface area contributed by atoms with Gasteiger partial charge < -0.3 is 11.1 Å². The van der Waals surface area contributed by atoms with Crippen LogP contribution in [0.15, 0.2) is 12.2 Å². The van der Waals surface area contributed by atoms with Crippen molar-refractivity contribution in [3.05, 3.63) is 12.2 Å². The predicted octanol–water partition coefficient (Wildman–Crippen LogP) is 0.806. The third-order valence-electron chi connectivity index (χ3n) is 1.67. The monoisotopic (exact) mass is 170 g/mol. The van der Waals surface area contributed by atoms with E-state index in [0.29, 0.717) is 6.54 Å². The summed E-state index contributed by atoms with van der Waals surface area (Å²) in [5, 5.41) is 2.82. The minimum absolute atomic E-state index is 0.0139. The fourth-order valence-corrected chi connectivity index (χ4v) is 1.01. The quantitative estimate of drug-likeness (QED) is 0.600. The fourth-order valence-electron chi connectivity index (χ4n) is 1.01. The van der Waals surface area contributed by atoms with Crippen molar-refractivity contribution in [2.24, 2.45) is 5.73 Å². The Labute approximate surface area is 74.0 Å². The van der Waals surface area contributed by atoms with Gasteiger partial charge in [-0.1, -0.05) is 12.2 Å². The number of nitrogens with one attached hydrogen (secondary N) is 1. The largest absolute Gasteiger partial charge is 0.350 e. The van der Waals surface area contributed by atoms with Crippen molar-refractivity contribution in [2.75, 3.05) is 6.54 Å². The summed E-state index contributed by atoms with van der Waals surface area (Å²) in [5.41, 5.74) is 6.35. The van der Waals surface area contributed by atoms with Crippen LogP contribution in [0.4, 0.5) is 0 Å². The van der Waals surface area contributed by atoms with Gasteiger partial charge in [-0.3, -0.25) is 4.79 Å². The molecule has 0 saturated carbocycles. The molecule has 0 aromatic rings. The Bertz CT molecular complexity index is 166. The van der Waals surface area contributed by atoms with E-state index in [4.69, 9.17) is 5.73 Å². The lowest BCUT2D eigenvalue weighted by molar-refractivity contribution is -0.119. The Balaban J connectivity index is 3.87. The number of nitrogens with two attached hydrogens (primary N) is 1. The zero-order valence-electron chi connectivity index (χ0n) is 7.89. The van der Waals surface area contributed by atoms with Crippen molar-refractivity contribution >= 4 is 5.91 Å². The zero-order chi connectivity index (χ0) is 9.56. The summed E-state index contributed by atoms with van der Waals surface area (Å²) in [6.45, 7) is 7.89. The molecular formula is C9H18N2O. The van der Waals surface area contributed by atoms with E-state index >= 15 is 0 Å². The van der Waals surface area contributed by atoms with Crippen LogP contribution in [0.2, 0.25) is 0 Å². The van der Waals surface area contributed by atoms with Gasteiger partial charge in [-0.05, 0) is 26.3 Å². The predicted molar refractivity (Wildman–Crippen MR) is 50.7 cm³/mol. The first-order valence-electron chi connectivity index (χ1n) is 4.20. The highest BCUT2D eigenvalue weighted by Gasteiger charge is 2.08. The third-order valence-corrected chi connectivity index (χ3v) is 1.67. The summed E-state index contributed by atoms with van der Waals surface area (Å²) in [7, 11) is 0. The molecule has 70 valence electrons. The molecule has 0 fully saturated rings. The molecule has 0 aliphatic rings. The number of carbonyl (C=O) groups excluding carboxylic acids is 1. The molecule has 0 aromatic heterocycles. The first-order chi connectivity index (χ1) is 5.57. The summed E-state index contributed by atoms with van der Waals surface area (Å²) >= 11 is 0. The van der Waals surface area contributed by atoms with Gasteiger partial charge in [0.15, 0.2) is 0 Å². The average molecular weight is 170 g/mol. The van der Waals surface area contributed by atoms with Crippen LogP contribution < -0.4 is 11.1 Å². The van der Waals surface area contributed by atoms with Gasteiger partial charge in [-0.15, -0.1) is 0 Å². The molecule has 3 heteroatoms. The van der Waals surface area contributed by atoms with Gasteiger partial charge in [0.2, 0.25) is 5.91 Å². The molecule has 12 heavy (non-hydrogen) atoms. The average Bonchev–Trinajstić information content (AvgIpc) is 1.96. The van der Waals surface area contributed by atoms with Crippen molar-refractivity contribution in [3.63, 3.8) is 0 Å². The molecule has 0 aliphatic heterocycles. The van der Waals surface area contributed by atoms with Crippen molar-refractivity contribution in [1.82, 2.24) is 5.32 Å². The number of hydrogen-bond donors (Lipinski definition) is 2. The second kappa shape index (κ2) is 5.77. The highest BCUT2D eigenvalue weighted by molar-refractivity contribution is 5.73. The van der Waals surface area contributed by atoms with Gasteiger partial charge in [-0.2, -0.15) is 0 Å². The highest BCUT2D eigenvalue weighted by atomic mass is 16.1. The molecule has 0 aromatic carbocycles. The molecule has 3 N–H and O–H groups in total. The minimum atomic E-state index is -0.0139.